The lowest BCUT2D eigenvalue weighted by Crippen LogP contribution is -2.42. The number of fused-ring (bicyclic) bond motifs is 1. The summed E-state index contributed by atoms with van der Waals surface area (Å²) in [6, 6.07) is 7.96. The number of carbonyl (C=O) groups excluding carboxylic acids is 3. The molecule has 3 heterocycles. The van der Waals surface area contributed by atoms with Gasteiger partial charge in [-0.3, -0.25) is 19.1 Å². The van der Waals surface area contributed by atoms with Gasteiger partial charge in [-0.25, -0.2) is 0 Å². The Labute approximate surface area is 193 Å². The van der Waals surface area contributed by atoms with E-state index in [1.807, 2.05) is 38.2 Å². The van der Waals surface area contributed by atoms with Crippen LogP contribution in [-0.4, -0.2) is 70.1 Å². The Kier molecular flexibility index (Phi) is 7.08. The molecule has 0 atom stereocenters. The van der Waals surface area contributed by atoms with Gasteiger partial charge in [0.25, 0.3) is 5.91 Å². The zero-order valence-electron chi connectivity index (χ0n) is 19.3. The van der Waals surface area contributed by atoms with Gasteiger partial charge in [-0.1, -0.05) is 29.8 Å². The van der Waals surface area contributed by atoms with Crippen LogP contribution in [-0.2, 0) is 40.9 Å². The molecule has 2 aliphatic heterocycles. The van der Waals surface area contributed by atoms with E-state index in [2.05, 4.69) is 10.4 Å². The predicted octanol–water partition coefficient (Wildman–Crippen LogP) is 1.18. The Morgan fingerprint density at radius 1 is 1.09 bits per heavy atom. The Bertz CT molecular complexity index is 1040. The summed E-state index contributed by atoms with van der Waals surface area (Å²) < 4.78 is 7.09. The van der Waals surface area contributed by atoms with Gasteiger partial charge in [-0.05, 0) is 12.5 Å². The molecule has 176 valence electrons. The zero-order chi connectivity index (χ0) is 23.4. The van der Waals surface area contributed by atoms with Crippen LogP contribution >= 0.6 is 0 Å². The van der Waals surface area contributed by atoms with Crippen molar-refractivity contribution in [2.75, 3.05) is 32.8 Å². The van der Waals surface area contributed by atoms with E-state index < -0.39 is 0 Å². The summed E-state index contributed by atoms with van der Waals surface area (Å²) in [5.41, 5.74) is 4.40. The van der Waals surface area contributed by atoms with Crippen molar-refractivity contribution >= 4 is 17.7 Å². The van der Waals surface area contributed by atoms with E-state index in [1.54, 1.807) is 14.5 Å². The predicted molar refractivity (Wildman–Crippen MR) is 121 cm³/mol. The number of benzene rings is 1. The van der Waals surface area contributed by atoms with Gasteiger partial charge in [0, 0.05) is 70.3 Å². The molecule has 2 aromatic rings. The van der Waals surface area contributed by atoms with Gasteiger partial charge in [0.1, 0.15) is 0 Å². The van der Waals surface area contributed by atoms with E-state index in [4.69, 9.17) is 4.74 Å². The molecule has 33 heavy (non-hydrogen) atoms. The summed E-state index contributed by atoms with van der Waals surface area (Å²) in [4.78, 5) is 41.6. The van der Waals surface area contributed by atoms with Crippen molar-refractivity contribution in [2.24, 2.45) is 7.05 Å². The van der Waals surface area contributed by atoms with Crippen molar-refractivity contribution < 1.29 is 19.1 Å². The Morgan fingerprint density at radius 2 is 1.88 bits per heavy atom. The molecule has 0 unspecified atom stereocenters. The number of aryl methyl sites for hydroxylation is 2. The number of nitrogens with zero attached hydrogens (tertiary/aromatic N) is 4. The fraction of sp³-hybridized carbons (Fsp3) is 0.500. The van der Waals surface area contributed by atoms with Gasteiger partial charge in [0.05, 0.1) is 13.2 Å². The van der Waals surface area contributed by atoms with Crippen LogP contribution in [0.2, 0.25) is 0 Å². The third kappa shape index (κ3) is 5.42. The maximum Gasteiger partial charge on any atom is 0.274 e. The van der Waals surface area contributed by atoms with Gasteiger partial charge in [-0.2, -0.15) is 5.10 Å². The van der Waals surface area contributed by atoms with Gasteiger partial charge in [0.15, 0.2) is 5.69 Å². The number of hydrogen-bond acceptors (Lipinski definition) is 5. The summed E-state index contributed by atoms with van der Waals surface area (Å²) in [7, 11) is 1.84. The molecule has 2 aliphatic rings. The SMILES string of the molecule is Cc1cccc(CNC(=O)CCC(=O)N2CCc3c(c(C(=O)N4CCOCC4)nn3C)C2)c1. The first-order chi connectivity index (χ1) is 15.9. The third-order valence-electron chi connectivity index (χ3n) is 6.23. The highest BCUT2D eigenvalue weighted by molar-refractivity contribution is 5.94. The summed E-state index contributed by atoms with van der Waals surface area (Å²) in [6.07, 6.45) is 0.920. The van der Waals surface area contributed by atoms with Crippen molar-refractivity contribution in [3.63, 3.8) is 0 Å². The smallest absolute Gasteiger partial charge is 0.274 e. The minimum Gasteiger partial charge on any atom is -0.378 e. The highest BCUT2D eigenvalue weighted by Gasteiger charge is 2.31. The van der Waals surface area contributed by atoms with Gasteiger partial charge >= 0.3 is 0 Å². The van der Waals surface area contributed by atoms with E-state index >= 15 is 0 Å². The molecule has 1 aromatic heterocycles. The molecule has 0 bridgehead atoms. The number of ether oxygens (including phenoxy) is 1. The molecule has 0 radical (unpaired) electrons. The van der Waals surface area contributed by atoms with E-state index in [1.165, 1.54) is 0 Å². The first kappa shape index (κ1) is 23.0. The standard InChI is InChI=1S/C24H31N5O4/c1-17-4-3-5-18(14-17)15-25-21(30)6-7-22(31)29-9-8-20-19(16-29)23(26-27(20)2)24(32)28-10-12-33-13-11-28/h3-5,14H,6-13,15-16H2,1-2H3,(H,25,30). The second-order valence-electron chi connectivity index (χ2n) is 8.63. The third-order valence-corrected chi connectivity index (χ3v) is 6.23. The lowest BCUT2D eigenvalue weighted by molar-refractivity contribution is -0.134. The summed E-state index contributed by atoms with van der Waals surface area (Å²) in [6.45, 7) is 5.50. The van der Waals surface area contributed by atoms with Crippen LogP contribution in [0.3, 0.4) is 0 Å². The Morgan fingerprint density at radius 3 is 2.64 bits per heavy atom. The maximum absolute atomic E-state index is 13.0. The van der Waals surface area contributed by atoms with Crippen LogP contribution in [0.5, 0.6) is 0 Å². The van der Waals surface area contributed by atoms with Crippen LogP contribution < -0.4 is 5.32 Å². The minimum absolute atomic E-state index is 0.0834. The molecular formula is C24H31N5O4. The van der Waals surface area contributed by atoms with Crippen molar-refractivity contribution in [1.29, 1.82) is 0 Å². The number of morpholine rings is 1. The van der Waals surface area contributed by atoms with E-state index in [0.717, 1.165) is 22.4 Å². The normalized spacial score (nSPS) is 15.8. The average molecular weight is 454 g/mol. The van der Waals surface area contributed by atoms with Crippen molar-refractivity contribution in [3.05, 3.63) is 52.3 Å². The molecule has 9 heteroatoms. The van der Waals surface area contributed by atoms with E-state index in [-0.39, 0.29) is 30.6 Å². The van der Waals surface area contributed by atoms with Crippen molar-refractivity contribution in [1.82, 2.24) is 24.9 Å². The first-order valence-electron chi connectivity index (χ1n) is 11.4. The minimum atomic E-state index is -0.146. The number of nitrogens with one attached hydrogen (secondary N) is 1. The second-order valence-corrected chi connectivity index (χ2v) is 8.63. The molecule has 3 amide bonds. The van der Waals surface area contributed by atoms with E-state index in [0.29, 0.717) is 58.1 Å². The fourth-order valence-electron chi connectivity index (χ4n) is 4.38. The molecule has 1 fully saturated rings. The molecule has 9 nitrogen and oxygen atoms in total. The topological polar surface area (TPSA) is 96.8 Å². The quantitative estimate of drug-likeness (QED) is 0.709. The largest absolute Gasteiger partial charge is 0.378 e. The summed E-state index contributed by atoms with van der Waals surface area (Å²) in [5, 5.41) is 7.36. The first-order valence-corrected chi connectivity index (χ1v) is 11.4. The number of hydrogen-bond donors (Lipinski definition) is 1. The second kappa shape index (κ2) is 10.2. The number of aromatic nitrogens is 2. The fourth-order valence-corrected chi connectivity index (χ4v) is 4.38. The number of rotatable bonds is 6. The molecule has 1 aromatic carbocycles. The zero-order valence-corrected chi connectivity index (χ0v) is 19.3. The molecule has 1 saturated heterocycles. The number of amides is 3. The monoisotopic (exact) mass is 453 g/mol. The molecular weight excluding hydrogens is 422 g/mol. The lowest BCUT2D eigenvalue weighted by Gasteiger charge is -2.29. The van der Waals surface area contributed by atoms with Crippen LogP contribution in [0.15, 0.2) is 24.3 Å². The highest BCUT2D eigenvalue weighted by Crippen LogP contribution is 2.24. The Hall–Kier alpha value is -3.20. The van der Waals surface area contributed by atoms with Gasteiger partial charge < -0.3 is 19.9 Å². The molecule has 0 saturated carbocycles. The van der Waals surface area contributed by atoms with Crippen LogP contribution in [0.1, 0.15) is 45.7 Å². The molecule has 1 N–H and O–H groups in total. The van der Waals surface area contributed by atoms with Crippen LogP contribution in [0.4, 0.5) is 0 Å². The Balaban J connectivity index is 1.32. The maximum atomic E-state index is 13.0. The highest BCUT2D eigenvalue weighted by atomic mass is 16.5. The molecule has 0 aliphatic carbocycles. The lowest BCUT2D eigenvalue weighted by atomic mass is 10.0. The average Bonchev–Trinajstić information content (AvgIpc) is 3.17. The van der Waals surface area contributed by atoms with Crippen LogP contribution in [0, 0.1) is 6.92 Å². The summed E-state index contributed by atoms with van der Waals surface area (Å²) >= 11 is 0. The molecule has 4 rings (SSSR count). The van der Waals surface area contributed by atoms with Crippen molar-refractivity contribution in [2.45, 2.75) is 39.3 Å². The van der Waals surface area contributed by atoms with Gasteiger partial charge in [-0.15, -0.1) is 0 Å². The number of carbonyl (C=O) groups is 3. The summed E-state index contributed by atoms with van der Waals surface area (Å²) in [5.74, 6) is -0.341. The van der Waals surface area contributed by atoms with Crippen LogP contribution in [0.25, 0.3) is 0 Å². The molecule has 0 spiro atoms. The van der Waals surface area contributed by atoms with Crippen molar-refractivity contribution in [3.8, 4) is 0 Å². The van der Waals surface area contributed by atoms with E-state index in [9.17, 15) is 14.4 Å². The van der Waals surface area contributed by atoms with Gasteiger partial charge in [0.2, 0.25) is 11.8 Å².